The number of rotatable bonds is 5. The lowest BCUT2D eigenvalue weighted by Crippen LogP contribution is -2.48. The number of hydrogen-bond donors (Lipinski definition) is 3. The average molecular weight is 347 g/mol. The summed E-state index contributed by atoms with van der Waals surface area (Å²) >= 11 is 1.31. The maximum atomic E-state index is 12.0. The van der Waals surface area contributed by atoms with E-state index in [9.17, 15) is 4.79 Å². The molecule has 1 aromatic heterocycles. The summed E-state index contributed by atoms with van der Waals surface area (Å²) in [4.78, 5) is 12.0. The fourth-order valence-corrected chi connectivity index (χ4v) is 3.50. The molecule has 128 valence electrons. The zero-order valence-corrected chi connectivity index (χ0v) is 14.6. The van der Waals surface area contributed by atoms with Crippen LogP contribution in [-0.4, -0.2) is 42.0 Å². The van der Waals surface area contributed by atoms with E-state index >= 15 is 0 Å². The smallest absolute Gasteiger partial charge is 0.321 e. The van der Waals surface area contributed by atoms with Crippen molar-refractivity contribution in [1.29, 1.82) is 0 Å². The molecule has 1 aromatic carbocycles. The Balaban J connectivity index is 1.60. The quantitative estimate of drug-likeness (QED) is 0.773. The third-order valence-electron chi connectivity index (χ3n) is 4.08. The van der Waals surface area contributed by atoms with Crippen molar-refractivity contribution in [2.45, 2.75) is 25.3 Å². The number of anilines is 1. The molecule has 0 radical (unpaired) electrons. The van der Waals surface area contributed by atoms with Gasteiger partial charge in [-0.3, -0.25) is 5.32 Å². The molecule has 1 atom stereocenters. The van der Waals surface area contributed by atoms with Crippen LogP contribution in [0.5, 0.6) is 5.75 Å². The molecule has 0 aliphatic carbocycles. The van der Waals surface area contributed by atoms with Gasteiger partial charge in [0.2, 0.25) is 5.13 Å². The van der Waals surface area contributed by atoms with Crippen molar-refractivity contribution in [2.75, 3.05) is 25.5 Å². The van der Waals surface area contributed by atoms with E-state index in [1.807, 2.05) is 24.3 Å². The number of nitrogens with one attached hydrogen (secondary N) is 3. The zero-order valence-electron chi connectivity index (χ0n) is 13.8. The number of amides is 2. The van der Waals surface area contributed by atoms with Crippen LogP contribution in [-0.2, 0) is 0 Å². The van der Waals surface area contributed by atoms with Gasteiger partial charge in [0.25, 0.3) is 0 Å². The summed E-state index contributed by atoms with van der Waals surface area (Å²) in [5.41, 5.74) is 0.828. The Labute approximate surface area is 144 Å². The van der Waals surface area contributed by atoms with Crippen molar-refractivity contribution < 1.29 is 9.53 Å². The number of benzene rings is 1. The largest absolute Gasteiger partial charge is 0.496 e. The summed E-state index contributed by atoms with van der Waals surface area (Å²) in [5, 5.41) is 18.4. The second-order valence-corrected chi connectivity index (χ2v) is 6.99. The highest BCUT2D eigenvalue weighted by atomic mass is 32.1. The van der Waals surface area contributed by atoms with Gasteiger partial charge in [-0.05, 0) is 38.4 Å². The highest BCUT2D eigenvalue weighted by Crippen LogP contribution is 2.33. The van der Waals surface area contributed by atoms with Crippen molar-refractivity contribution >= 4 is 22.5 Å². The minimum Gasteiger partial charge on any atom is -0.496 e. The summed E-state index contributed by atoms with van der Waals surface area (Å²) in [7, 11) is 1.62. The Morgan fingerprint density at radius 3 is 3.00 bits per heavy atom. The van der Waals surface area contributed by atoms with Gasteiger partial charge in [-0.15, -0.1) is 10.2 Å². The minimum atomic E-state index is -0.271. The Kier molecular flexibility index (Phi) is 4.96. The number of ether oxygens (including phenoxy) is 1. The van der Waals surface area contributed by atoms with Gasteiger partial charge in [-0.1, -0.05) is 23.5 Å². The third kappa shape index (κ3) is 3.82. The Morgan fingerprint density at radius 1 is 1.42 bits per heavy atom. The summed E-state index contributed by atoms with van der Waals surface area (Å²) in [6, 6.07) is 7.32. The van der Waals surface area contributed by atoms with Crippen LogP contribution >= 0.6 is 11.3 Å². The molecule has 1 aliphatic heterocycles. The molecule has 0 saturated carbocycles. The molecular weight excluding hydrogens is 326 g/mol. The first-order valence-corrected chi connectivity index (χ1v) is 8.68. The second kappa shape index (κ2) is 7.14. The molecular formula is C16H21N5O2S. The van der Waals surface area contributed by atoms with E-state index in [4.69, 9.17) is 4.74 Å². The van der Waals surface area contributed by atoms with E-state index < -0.39 is 0 Å². The fourth-order valence-electron chi connectivity index (χ4n) is 2.73. The van der Waals surface area contributed by atoms with Crippen LogP contribution in [0.25, 0.3) is 10.6 Å². The van der Waals surface area contributed by atoms with Crippen molar-refractivity contribution in [3.63, 3.8) is 0 Å². The van der Waals surface area contributed by atoms with Crippen LogP contribution in [0, 0.1) is 0 Å². The maximum absolute atomic E-state index is 12.0. The topological polar surface area (TPSA) is 88.2 Å². The highest BCUT2D eigenvalue weighted by Gasteiger charge is 2.28. The number of methoxy groups -OCH3 is 1. The number of urea groups is 1. The summed E-state index contributed by atoms with van der Waals surface area (Å²) in [6.45, 7) is 3.69. The van der Waals surface area contributed by atoms with Crippen LogP contribution in [0.4, 0.5) is 9.93 Å². The standard InChI is InChI=1S/C16H21N5O2S/c1-16(8-5-9-18-16)10-17-14(22)19-15-21-20-13(24-15)11-6-3-4-7-12(11)23-2/h3-4,6-7,18H,5,8-10H2,1-2H3,(H2,17,19,21,22). The number of carbonyl (C=O) groups is 1. The molecule has 1 fully saturated rings. The van der Waals surface area contributed by atoms with E-state index in [0.717, 1.165) is 30.7 Å². The van der Waals surface area contributed by atoms with Gasteiger partial charge < -0.3 is 15.4 Å². The molecule has 1 aliphatic rings. The first-order chi connectivity index (χ1) is 11.6. The van der Waals surface area contributed by atoms with Gasteiger partial charge in [0.05, 0.1) is 12.7 Å². The number of nitrogens with zero attached hydrogens (tertiary/aromatic N) is 2. The van der Waals surface area contributed by atoms with E-state index in [2.05, 4.69) is 33.1 Å². The predicted octanol–water partition coefficient (Wildman–Crippen LogP) is 2.48. The summed E-state index contributed by atoms with van der Waals surface area (Å²) < 4.78 is 5.33. The van der Waals surface area contributed by atoms with E-state index in [0.29, 0.717) is 16.7 Å². The molecule has 1 unspecified atom stereocenters. The number of para-hydroxylation sites is 1. The molecule has 8 heteroatoms. The normalized spacial score (nSPS) is 19.9. The zero-order chi connectivity index (χ0) is 17.0. The molecule has 3 N–H and O–H groups in total. The van der Waals surface area contributed by atoms with E-state index in [1.54, 1.807) is 7.11 Å². The maximum Gasteiger partial charge on any atom is 0.321 e. The first kappa shape index (κ1) is 16.7. The predicted molar refractivity (Wildman–Crippen MR) is 94.6 cm³/mol. The van der Waals surface area contributed by atoms with Gasteiger partial charge in [0.1, 0.15) is 5.75 Å². The fraction of sp³-hybridized carbons (Fsp3) is 0.438. The number of hydrogen-bond acceptors (Lipinski definition) is 6. The molecule has 3 rings (SSSR count). The average Bonchev–Trinajstić information content (AvgIpc) is 3.23. The molecule has 1 saturated heterocycles. The van der Waals surface area contributed by atoms with Crippen LogP contribution in [0.15, 0.2) is 24.3 Å². The van der Waals surface area contributed by atoms with Gasteiger partial charge in [-0.2, -0.15) is 0 Å². The lowest BCUT2D eigenvalue weighted by atomic mass is 10.0. The Bertz CT molecular complexity index is 712. The van der Waals surface area contributed by atoms with Crippen LogP contribution in [0.3, 0.4) is 0 Å². The van der Waals surface area contributed by atoms with Crippen molar-refractivity contribution in [3.8, 4) is 16.3 Å². The lowest BCUT2D eigenvalue weighted by Gasteiger charge is -2.24. The summed E-state index contributed by atoms with van der Waals surface area (Å²) in [5.74, 6) is 0.727. The van der Waals surface area contributed by atoms with Crippen molar-refractivity contribution in [3.05, 3.63) is 24.3 Å². The first-order valence-electron chi connectivity index (χ1n) is 7.86. The molecule has 24 heavy (non-hydrogen) atoms. The van der Waals surface area contributed by atoms with Crippen LogP contribution in [0.2, 0.25) is 0 Å². The molecule has 7 nitrogen and oxygen atoms in total. The molecule has 2 heterocycles. The highest BCUT2D eigenvalue weighted by molar-refractivity contribution is 7.18. The number of carbonyl (C=O) groups excluding carboxylic acids is 1. The van der Waals surface area contributed by atoms with Crippen LogP contribution in [0.1, 0.15) is 19.8 Å². The third-order valence-corrected chi connectivity index (χ3v) is 4.95. The van der Waals surface area contributed by atoms with Crippen molar-refractivity contribution in [1.82, 2.24) is 20.8 Å². The van der Waals surface area contributed by atoms with E-state index in [1.165, 1.54) is 11.3 Å². The molecule has 2 aromatic rings. The molecule has 2 amide bonds. The SMILES string of the molecule is COc1ccccc1-c1nnc(NC(=O)NCC2(C)CCCN2)s1. The number of aromatic nitrogens is 2. The Morgan fingerprint density at radius 2 is 2.25 bits per heavy atom. The monoisotopic (exact) mass is 347 g/mol. The van der Waals surface area contributed by atoms with Gasteiger partial charge >= 0.3 is 6.03 Å². The van der Waals surface area contributed by atoms with Gasteiger partial charge in [-0.25, -0.2) is 4.79 Å². The summed E-state index contributed by atoms with van der Waals surface area (Å²) in [6.07, 6.45) is 2.20. The van der Waals surface area contributed by atoms with E-state index in [-0.39, 0.29) is 11.6 Å². The second-order valence-electron chi connectivity index (χ2n) is 6.01. The molecule has 0 spiro atoms. The lowest BCUT2D eigenvalue weighted by molar-refractivity contribution is 0.248. The Hall–Kier alpha value is -2.19. The van der Waals surface area contributed by atoms with Gasteiger partial charge in [0.15, 0.2) is 5.01 Å². The van der Waals surface area contributed by atoms with Gasteiger partial charge in [0, 0.05) is 12.1 Å². The molecule has 0 bridgehead atoms. The van der Waals surface area contributed by atoms with Crippen molar-refractivity contribution in [2.24, 2.45) is 0 Å². The minimum absolute atomic E-state index is 0.0268. The van der Waals surface area contributed by atoms with Crippen LogP contribution < -0.4 is 20.7 Å².